The summed E-state index contributed by atoms with van der Waals surface area (Å²) in [6.45, 7) is 4.17. The molecule has 0 spiro atoms. The number of hydrogen-bond donors (Lipinski definition) is 1. The predicted octanol–water partition coefficient (Wildman–Crippen LogP) is 2.74. The lowest BCUT2D eigenvalue weighted by molar-refractivity contribution is 0.414. The highest BCUT2D eigenvalue weighted by Gasteiger charge is 2.02. The van der Waals surface area contributed by atoms with Gasteiger partial charge in [-0.2, -0.15) is 12.6 Å². The van der Waals surface area contributed by atoms with Gasteiger partial charge < -0.3 is 4.74 Å². The Labute approximate surface area is 79.2 Å². The Kier molecular flexibility index (Phi) is 3.04. The van der Waals surface area contributed by atoms with E-state index in [9.17, 15) is 0 Å². The summed E-state index contributed by atoms with van der Waals surface area (Å²) in [5.74, 6) is 1.72. The number of ether oxygens (including phenoxy) is 1. The second kappa shape index (κ2) is 3.85. The fraction of sp³-hybridized carbons (Fsp3) is 0.400. The normalized spacial score (nSPS) is 10.0. The highest BCUT2D eigenvalue weighted by atomic mass is 32.1. The van der Waals surface area contributed by atoms with Crippen LogP contribution < -0.4 is 4.74 Å². The summed E-state index contributed by atoms with van der Waals surface area (Å²) in [6.07, 6.45) is 0. The monoisotopic (exact) mass is 182 g/mol. The summed E-state index contributed by atoms with van der Waals surface area (Å²) in [7, 11) is 1.69. The van der Waals surface area contributed by atoms with Gasteiger partial charge in [-0.25, -0.2) is 0 Å². The van der Waals surface area contributed by atoms with Gasteiger partial charge in [-0.15, -0.1) is 0 Å². The van der Waals surface area contributed by atoms with Gasteiger partial charge in [0.05, 0.1) is 7.11 Å². The molecule has 0 heterocycles. The third-order valence-corrected chi connectivity index (χ3v) is 2.38. The van der Waals surface area contributed by atoms with Crippen molar-refractivity contribution in [2.75, 3.05) is 7.11 Å². The Balaban J connectivity index is 3.18. The lowest BCUT2D eigenvalue weighted by Gasteiger charge is -2.09. The number of methoxy groups -OCH3 is 1. The zero-order valence-corrected chi connectivity index (χ0v) is 8.61. The first-order chi connectivity index (χ1) is 5.69. The molecule has 0 aromatic heterocycles. The van der Waals surface area contributed by atoms with E-state index in [2.05, 4.69) is 26.5 Å². The number of thiol groups is 1. The van der Waals surface area contributed by atoms with Crippen LogP contribution in [0, 0.1) is 13.8 Å². The molecule has 0 unspecified atom stereocenters. The van der Waals surface area contributed by atoms with Crippen molar-refractivity contribution in [1.82, 2.24) is 0 Å². The standard InChI is InChI=1S/C10H14OS/c1-7-4-9(11-3)5-8(2)10(7)6-12/h4-5,12H,6H2,1-3H3. The van der Waals surface area contributed by atoms with Gasteiger partial charge in [0.2, 0.25) is 0 Å². The zero-order chi connectivity index (χ0) is 9.14. The van der Waals surface area contributed by atoms with Gasteiger partial charge in [-0.05, 0) is 42.7 Å². The maximum atomic E-state index is 5.15. The van der Waals surface area contributed by atoms with E-state index < -0.39 is 0 Å². The Morgan fingerprint density at radius 2 is 1.75 bits per heavy atom. The lowest BCUT2D eigenvalue weighted by atomic mass is 10.0. The molecule has 0 N–H and O–H groups in total. The van der Waals surface area contributed by atoms with Gasteiger partial charge in [0.25, 0.3) is 0 Å². The Bertz CT molecular complexity index is 258. The summed E-state index contributed by atoms with van der Waals surface area (Å²) in [6, 6.07) is 4.08. The number of benzene rings is 1. The Hall–Kier alpha value is -0.630. The molecular formula is C10H14OS. The van der Waals surface area contributed by atoms with Crippen molar-refractivity contribution in [3.05, 3.63) is 28.8 Å². The molecule has 0 aliphatic rings. The fourth-order valence-electron chi connectivity index (χ4n) is 1.32. The average Bonchev–Trinajstić information content (AvgIpc) is 2.03. The van der Waals surface area contributed by atoms with Gasteiger partial charge in [-0.1, -0.05) is 0 Å². The van der Waals surface area contributed by atoms with Crippen molar-refractivity contribution in [2.24, 2.45) is 0 Å². The van der Waals surface area contributed by atoms with Crippen LogP contribution in [-0.4, -0.2) is 7.11 Å². The SMILES string of the molecule is COc1cc(C)c(CS)c(C)c1. The molecule has 2 heteroatoms. The van der Waals surface area contributed by atoms with Crippen molar-refractivity contribution in [2.45, 2.75) is 19.6 Å². The first-order valence-corrected chi connectivity index (χ1v) is 4.57. The molecule has 0 radical (unpaired) electrons. The van der Waals surface area contributed by atoms with Crippen LogP contribution >= 0.6 is 12.6 Å². The molecule has 0 bridgehead atoms. The van der Waals surface area contributed by atoms with Crippen molar-refractivity contribution in [3.8, 4) is 5.75 Å². The van der Waals surface area contributed by atoms with Gasteiger partial charge in [0.15, 0.2) is 0 Å². The smallest absolute Gasteiger partial charge is 0.119 e. The fourth-order valence-corrected chi connectivity index (χ4v) is 1.82. The van der Waals surface area contributed by atoms with Crippen molar-refractivity contribution < 1.29 is 4.74 Å². The number of hydrogen-bond acceptors (Lipinski definition) is 2. The van der Waals surface area contributed by atoms with Crippen LogP contribution in [-0.2, 0) is 5.75 Å². The molecular weight excluding hydrogens is 168 g/mol. The summed E-state index contributed by atoms with van der Waals surface area (Å²) in [4.78, 5) is 0. The molecule has 0 amide bonds. The van der Waals surface area contributed by atoms with Crippen LogP contribution in [0.4, 0.5) is 0 Å². The quantitative estimate of drug-likeness (QED) is 0.692. The van der Waals surface area contributed by atoms with E-state index in [1.807, 2.05) is 12.1 Å². The minimum absolute atomic E-state index is 0.793. The zero-order valence-electron chi connectivity index (χ0n) is 7.72. The van der Waals surface area contributed by atoms with E-state index in [1.54, 1.807) is 7.11 Å². The van der Waals surface area contributed by atoms with E-state index in [1.165, 1.54) is 16.7 Å². The molecule has 0 aliphatic carbocycles. The van der Waals surface area contributed by atoms with E-state index >= 15 is 0 Å². The summed E-state index contributed by atoms with van der Waals surface area (Å²) in [5, 5.41) is 0. The molecule has 0 aliphatic heterocycles. The third-order valence-electron chi connectivity index (χ3n) is 2.06. The van der Waals surface area contributed by atoms with Crippen molar-refractivity contribution >= 4 is 12.6 Å². The number of aryl methyl sites for hydroxylation is 2. The van der Waals surface area contributed by atoms with E-state index in [0.29, 0.717) is 0 Å². The Morgan fingerprint density at radius 3 is 2.08 bits per heavy atom. The van der Waals surface area contributed by atoms with Crippen molar-refractivity contribution in [3.63, 3.8) is 0 Å². The minimum atomic E-state index is 0.793. The van der Waals surface area contributed by atoms with Crippen LogP contribution in [0.2, 0.25) is 0 Å². The highest BCUT2D eigenvalue weighted by Crippen LogP contribution is 2.22. The second-order valence-corrected chi connectivity index (χ2v) is 3.21. The molecule has 1 nitrogen and oxygen atoms in total. The maximum absolute atomic E-state index is 5.15. The van der Waals surface area contributed by atoms with E-state index in [4.69, 9.17) is 4.74 Å². The Morgan fingerprint density at radius 1 is 1.25 bits per heavy atom. The van der Waals surface area contributed by atoms with Crippen LogP contribution in [0.25, 0.3) is 0 Å². The van der Waals surface area contributed by atoms with Gasteiger partial charge >= 0.3 is 0 Å². The molecule has 12 heavy (non-hydrogen) atoms. The molecule has 1 aromatic rings. The number of rotatable bonds is 2. The molecule has 0 saturated heterocycles. The van der Waals surface area contributed by atoms with Gasteiger partial charge in [-0.3, -0.25) is 0 Å². The molecule has 0 fully saturated rings. The molecule has 66 valence electrons. The highest BCUT2D eigenvalue weighted by molar-refractivity contribution is 7.79. The minimum Gasteiger partial charge on any atom is -0.497 e. The van der Waals surface area contributed by atoms with E-state index in [-0.39, 0.29) is 0 Å². The summed E-state index contributed by atoms with van der Waals surface area (Å²) >= 11 is 4.27. The molecule has 0 atom stereocenters. The first kappa shape index (κ1) is 9.46. The van der Waals surface area contributed by atoms with Crippen LogP contribution in [0.1, 0.15) is 16.7 Å². The largest absolute Gasteiger partial charge is 0.497 e. The van der Waals surface area contributed by atoms with Gasteiger partial charge in [0, 0.05) is 5.75 Å². The third kappa shape index (κ3) is 1.75. The predicted molar refractivity (Wildman–Crippen MR) is 55.2 cm³/mol. The second-order valence-electron chi connectivity index (χ2n) is 2.90. The summed E-state index contributed by atoms with van der Waals surface area (Å²) < 4.78 is 5.15. The molecule has 1 aromatic carbocycles. The van der Waals surface area contributed by atoms with Crippen LogP contribution in [0.15, 0.2) is 12.1 Å². The first-order valence-electron chi connectivity index (χ1n) is 3.94. The molecule has 0 saturated carbocycles. The van der Waals surface area contributed by atoms with Gasteiger partial charge in [0.1, 0.15) is 5.75 Å². The van der Waals surface area contributed by atoms with E-state index in [0.717, 1.165) is 11.5 Å². The van der Waals surface area contributed by atoms with Crippen LogP contribution in [0.5, 0.6) is 5.75 Å². The molecule has 1 rings (SSSR count). The lowest BCUT2D eigenvalue weighted by Crippen LogP contribution is -1.92. The maximum Gasteiger partial charge on any atom is 0.119 e. The van der Waals surface area contributed by atoms with Crippen molar-refractivity contribution in [1.29, 1.82) is 0 Å². The van der Waals surface area contributed by atoms with Crippen LogP contribution in [0.3, 0.4) is 0 Å². The topological polar surface area (TPSA) is 9.23 Å². The average molecular weight is 182 g/mol. The summed E-state index contributed by atoms with van der Waals surface area (Å²) in [5.41, 5.74) is 3.81.